The average molecular weight is 327 g/mol. The minimum absolute atomic E-state index is 0. The summed E-state index contributed by atoms with van der Waals surface area (Å²) in [5, 5.41) is 8.71. The number of amides is 3. The highest BCUT2D eigenvalue weighted by Gasteiger charge is 2.15. The topological polar surface area (TPSA) is 96.2 Å². The van der Waals surface area contributed by atoms with E-state index in [0.717, 1.165) is 37.2 Å². The second kappa shape index (κ2) is 9.27. The number of carbonyl (C=O) groups is 2. The van der Waals surface area contributed by atoms with Crippen LogP contribution in [-0.4, -0.2) is 25.0 Å². The first-order valence-corrected chi connectivity index (χ1v) is 7.26. The van der Waals surface area contributed by atoms with Gasteiger partial charge in [-0.2, -0.15) is 0 Å². The first-order valence-electron chi connectivity index (χ1n) is 7.26. The van der Waals surface area contributed by atoms with Crippen LogP contribution in [-0.2, 0) is 11.3 Å². The van der Waals surface area contributed by atoms with E-state index < -0.39 is 6.03 Å². The first kappa shape index (κ1) is 18.3. The van der Waals surface area contributed by atoms with Crippen molar-refractivity contribution in [3.63, 3.8) is 0 Å². The molecule has 1 aromatic carbocycles. The van der Waals surface area contributed by atoms with E-state index in [1.807, 2.05) is 24.3 Å². The van der Waals surface area contributed by atoms with Crippen molar-refractivity contribution in [3.05, 3.63) is 29.8 Å². The lowest BCUT2D eigenvalue weighted by Crippen LogP contribution is -2.28. The van der Waals surface area contributed by atoms with Gasteiger partial charge in [-0.05, 0) is 49.5 Å². The van der Waals surface area contributed by atoms with Gasteiger partial charge in [0.25, 0.3) is 0 Å². The third-order valence-corrected chi connectivity index (χ3v) is 3.65. The number of hydrogen-bond acceptors (Lipinski definition) is 3. The molecule has 0 saturated carbocycles. The number of nitrogens with one attached hydrogen (secondary N) is 3. The summed E-state index contributed by atoms with van der Waals surface area (Å²) in [6.07, 6.45) is 2.64. The van der Waals surface area contributed by atoms with E-state index in [2.05, 4.69) is 16.0 Å². The van der Waals surface area contributed by atoms with Crippen LogP contribution >= 0.6 is 12.4 Å². The van der Waals surface area contributed by atoms with Gasteiger partial charge in [-0.3, -0.25) is 4.79 Å². The molecule has 5 N–H and O–H groups in total. The molecule has 1 unspecified atom stereocenters. The van der Waals surface area contributed by atoms with Gasteiger partial charge in [-0.1, -0.05) is 12.1 Å². The Hall–Kier alpha value is -1.79. The summed E-state index contributed by atoms with van der Waals surface area (Å²) in [7, 11) is 0. The van der Waals surface area contributed by atoms with Crippen LogP contribution in [0.5, 0.6) is 0 Å². The zero-order valence-electron chi connectivity index (χ0n) is 12.4. The second-order valence-corrected chi connectivity index (χ2v) is 5.36. The predicted octanol–water partition coefficient (Wildman–Crippen LogP) is 1.60. The summed E-state index contributed by atoms with van der Waals surface area (Å²) in [4.78, 5) is 22.5. The minimum Gasteiger partial charge on any atom is -0.352 e. The summed E-state index contributed by atoms with van der Waals surface area (Å²) in [6, 6.07) is 6.81. The molecule has 0 aliphatic carbocycles. The summed E-state index contributed by atoms with van der Waals surface area (Å²) in [5.41, 5.74) is 6.71. The molecular weight excluding hydrogens is 304 g/mol. The third kappa shape index (κ3) is 6.32. The number of anilines is 1. The van der Waals surface area contributed by atoms with E-state index in [1.54, 1.807) is 0 Å². The van der Waals surface area contributed by atoms with Gasteiger partial charge in [0, 0.05) is 18.7 Å². The summed E-state index contributed by atoms with van der Waals surface area (Å²) < 4.78 is 0. The summed E-state index contributed by atoms with van der Waals surface area (Å²) in [5.74, 6) is 0.669. The maximum atomic E-state index is 11.9. The Morgan fingerprint density at radius 2 is 2.00 bits per heavy atom. The van der Waals surface area contributed by atoms with Crippen molar-refractivity contribution in [3.8, 4) is 0 Å². The highest BCUT2D eigenvalue weighted by atomic mass is 35.5. The van der Waals surface area contributed by atoms with E-state index >= 15 is 0 Å². The van der Waals surface area contributed by atoms with E-state index in [0.29, 0.717) is 18.9 Å². The highest BCUT2D eigenvalue weighted by Crippen LogP contribution is 2.15. The molecule has 3 amide bonds. The summed E-state index contributed by atoms with van der Waals surface area (Å²) >= 11 is 0. The number of urea groups is 1. The van der Waals surface area contributed by atoms with Gasteiger partial charge in [-0.25, -0.2) is 4.79 Å². The Kier molecular flexibility index (Phi) is 7.70. The maximum Gasteiger partial charge on any atom is 0.312 e. The zero-order chi connectivity index (χ0) is 15.1. The fourth-order valence-electron chi connectivity index (χ4n) is 2.41. The Morgan fingerprint density at radius 3 is 2.59 bits per heavy atom. The largest absolute Gasteiger partial charge is 0.352 e. The van der Waals surface area contributed by atoms with Gasteiger partial charge in [0.2, 0.25) is 5.91 Å². The molecule has 0 aromatic heterocycles. The van der Waals surface area contributed by atoms with Gasteiger partial charge in [-0.15, -0.1) is 12.4 Å². The predicted molar refractivity (Wildman–Crippen MR) is 89.0 cm³/mol. The normalized spacial score (nSPS) is 16.6. The fourth-order valence-corrected chi connectivity index (χ4v) is 2.41. The van der Waals surface area contributed by atoms with Crippen LogP contribution in [0, 0.1) is 5.92 Å². The second-order valence-electron chi connectivity index (χ2n) is 5.36. The quantitative estimate of drug-likeness (QED) is 0.639. The van der Waals surface area contributed by atoms with Crippen LogP contribution in [0.4, 0.5) is 10.5 Å². The Balaban J connectivity index is 0.00000242. The fraction of sp³-hybridized carbons (Fsp3) is 0.467. The number of benzene rings is 1. The van der Waals surface area contributed by atoms with E-state index in [9.17, 15) is 9.59 Å². The van der Waals surface area contributed by atoms with Crippen molar-refractivity contribution >= 4 is 30.0 Å². The average Bonchev–Trinajstić information content (AvgIpc) is 2.98. The Bertz CT molecular complexity index is 487. The van der Waals surface area contributed by atoms with Crippen molar-refractivity contribution in [2.45, 2.75) is 25.8 Å². The molecule has 122 valence electrons. The first-order chi connectivity index (χ1) is 10.1. The van der Waals surface area contributed by atoms with Gasteiger partial charge >= 0.3 is 6.03 Å². The van der Waals surface area contributed by atoms with Crippen LogP contribution in [0.1, 0.15) is 24.8 Å². The van der Waals surface area contributed by atoms with Crippen LogP contribution in [0.2, 0.25) is 0 Å². The monoisotopic (exact) mass is 326 g/mol. The SMILES string of the molecule is Cl.NC(=O)NCc1ccc(NC(=O)CCC2CCNC2)cc1. The molecule has 22 heavy (non-hydrogen) atoms. The van der Waals surface area contributed by atoms with Crippen LogP contribution in [0.15, 0.2) is 24.3 Å². The molecule has 1 saturated heterocycles. The molecule has 1 aliphatic rings. The number of hydrogen-bond donors (Lipinski definition) is 4. The molecule has 0 bridgehead atoms. The number of primary amides is 1. The maximum absolute atomic E-state index is 11.9. The van der Waals surface area contributed by atoms with Gasteiger partial charge in [0.1, 0.15) is 0 Å². The van der Waals surface area contributed by atoms with Crippen molar-refractivity contribution in [2.24, 2.45) is 11.7 Å². The van der Waals surface area contributed by atoms with E-state index in [4.69, 9.17) is 5.73 Å². The summed E-state index contributed by atoms with van der Waals surface area (Å²) in [6.45, 7) is 2.47. The Labute approximate surface area is 136 Å². The van der Waals surface area contributed by atoms with Gasteiger partial charge < -0.3 is 21.7 Å². The molecule has 7 heteroatoms. The molecule has 1 atom stereocenters. The van der Waals surface area contributed by atoms with E-state index in [-0.39, 0.29) is 18.3 Å². The van der Waals surface area contributed by atoms with E-state index in [1.165, 1.54) is 0 Å². The lowest BCUT2D eigenvalue weighted by atomic mass is 10.0. The molecule has 1 heterocycles. The van der Waals surface area contributed by atoms with Crippen molar-refractivity contribution in [2.75, 3.05) is 18.4 Å². The highest BCUT2D eigenvalue weighted by molar-refractivity contribution is 5.90. The van der Waals surface area contributed by atoms with Crippen molar-refractivity contribution in [1.82, 2.24) is 10.6 Å². The molecule has 1 aliphatic heterocycles. The minimum atomic E-state index is -0.547. The number of nitrogens with two attached hydrogens (primary N) is 1. The molecule has 0 radical (unpaired) electrons. The number of rotatable bonds is 6. The molecule has 6 nitrogen and oxygen atoms in total. The molecule has 1 aromatic rings. The van der Waals surface area contributed by atoms with Crippen molar-refractivity contribution in [1.29, 1.82) is 0 Å². The van der Waals surface area contributed by atoms with Gasteiger partial charge in [0.05, 0.1) is 0 Å². The number of halogens is 1. The van der Waals surface area contributed by atoms with Gasteiger partial charge in [0.15, 0.2) is 0 Å². The third-order valence-electron chi connectivity index (χ3n) is 3.65. The molecule has 0 spiro atoms. The van der Waals surface area contributed by atoms with Crippen LogP contribution in [0.25, 0.3) is 0 Å². The Morgan fingerprint density at radius 1 is 1.27 bits per heavy atom. The van der Waals surface area contributed by atoms with Crippen LogP contribution < -0.4 is 21.7 Å². The number of carbonyl (C=O) groups excluding carboxylic acids is 2. The lowest BCUT2D eigenvalue weighted by molar-refractivity contribution is -0.116. The molecule has 1 fully saturated rings. The molecule has 2 rings (SSSR count). The zero-order valence-corrected chi connectivity index (χ0v) is 13.2. The van der Waals surface area contributed by atoms with Crippen molar-refractivity contribution < 1.29 is 9.59 Å². The van der Waals surface area contributed by atoms with Crippen LogP contribution in [0.3, 0.4) is 0 Å². The smallest absolute Gasteiger partial charge is 0.312 e. The lowest BCUT2D eigenvalue weighted by Gasteiger charge is -2.09. The standard InChI is InChI=1S/C15H22N4O2.ClH/c16-15(21)18-10-11-1-4-13(5-2-11)19-14(20)6-3-12-7-8-17-9-12;/h1-2,4-5,12,17H,3,6-10H2,(H,19,20)(H3,16,18,21);1H. The molecular formula is C15H23ClN4O2.